The maximum Gasteiger partial charge on any atom is 0.223 e. The summed E-state index contributed by atoms with van der Waals surface area (Å²) in [6.45, 7) is 2.40. The van der Waals surface area contributed by atoms with Crippen molar-refractivity contribution in [3.63, 3.8) is 0 Å². The lowest BCUT2D eigenvalue weighted by molar-refractivity contribution is -0.136. The molecule has 2 aromatic rings. The summed E-state index contributed by atoms with van der Waals surface area (Å²) in [4.78, 5) is 15.3. The second-order valence-corrected chi connectivity index (χ2v) is 7.53. The Morgan fingerprint density at radius 1 is 1.08 bits per heavy atom. The van der Waals surface area contributed by atoms with Gasteiger partial charge in [-0.15, -0.1) is 0 Å². The van der Waals surface area contributed by atoms with Gasteiger partial charge in [-0.25, -0.2) is 0 Å². The maximum atomic E-state index is 13.1. The Morgan fingerprint density at radius 2 is 1.88 bits per heavy atom. The fourth-order valence-electron chi connectivity index (χ4n) is 4.34. The molecule has 2 atom stereocenters. The average molecular weight is 349 g/mol. The molecule has 0 unspecified atom stereocenters. The van der Waals surface area contributed by atoms with Crippen molar-refractivity contribution in [2.24, 2.45) is 5.92 Å². The predicted molar refractivity (Wildman–Crippen MR) is 103 cm³/mol. The van der Waals surface area contributed by atoms with E-state index in [1.165, 1.54) is 16.7 Å². The largest absolute Gasteiger partial charge is 0.381 e. The molecule has 1 saturated heterocycles. The molecular formula is C23H27NO2. The standard InChI is InChI=1S/C23H27NO2/c25-23(16-19-9-6-14-26-17-19)24-13-12-20-10-4-5-11-21(20)22(24)15-18-7-2-1-3-8-18/h1-5,7-8,10-11,19,22H,6,9,12-17H2/t19-,22-/m1/s1. The molecule has 2 aliphatic rings. The summed E-state index contributed by atoms with van der Waals surface area (Å²) in [6.07, 6.45) is 4.64. The minimum atomic E-state index is 0.138. The van der Waals surface area contributed by atoms with Crippen molar-refractivity contribution in [1.29, 1.82) is 0 Å². The quantitative estimate of drug-likeness (QED) is 0.829. The van der Waals surface area contributed by atoms with E-state index in [-0.39, 0.29) is 11.9 Å². The highest BCUT2D eigenvalue weighted by Crippen LogP contribution is 2.33. The number of carbonyl (C=O) groups excluding carboxylic acids is 1. The number of hydrogen-bond donors (Lipinski definition) is 0. The molecule has 2 heterocycles. The van der Waals surface area contributed by atoms with Crippen LogP contribution in [0.15, 0.2) is 54.6 Å². The highest BCUT2D eigenvalue weighted by atomic mass is 16.5. The molecule has 26 heavy (non-hydrogen) atoms. The second-order valence-electron chi connectivity index (χ2n) is 7.53. The minimum absolute atomic E-state index is 0.138. The monoisotopic (exact) mass is 349 g/mol. The van der Waals surface area contributed by atoms with Gasteiger partial charge < -0.3 is 9.64 Å². The van der Waals surface area contributed by atoms with Crippen LogP contribution in [0.1, 0.15) is 42.0 Å². The van der Waals surface area contributed by atoms with Crippen molar-refractivity contribution in [2.75, 3.05) is 19.8 Å². The summed E-state index contributed by atoms with van der Waals surface area (Å²) in [7, 11) is 0. The van der Waals surface area contributed by atoms with Crippen LogP contribution in [0.4, 0.5) is 0 Å². The average Bonchev–Trinajstić information content (AvgIpc) is 2.70. The van der Waals surface area contributed by atoms with Gasteiger partial charge in [-0.3, -0.25) is 4.79 Å². The van der Waals surface area contributed by atoms with Gasteiger partial charge in [0, 0.05) is 26.2 Å². The van der Waals surface area contributed by atoms with Crippen molar-refractivity contribution < 1.29 is 9.53 Å². The summed E-state index contributed by atoms with van der Waals surface area (Å²) >= 11 is 0. The summed E-state index contributed by atoms with van der Waals surface area (Å²) in [6, 6.07) is 19.3. The van der Waals surface area contributed by atoms with E-state index in [9.17, 15) is 4.79 Å². The van der Waals surface area contributed by atoms with Crippen LogP contribution in [-0.2, 0) is 22.4 Å². The van der Waals surface area contributed by atoms with Crippen molar-refractivity contribution >= 4 is 5.91 Å². The second kappa shape index (κ2) is 8.05. The van der Waals surface area contributed by atoms with Crippen LogP contribution in [0.3, 0.4) is 0 Å². The van der Waals surface area contributed by atoms with Crippen LogP contribution in [0.2, 0.25) is 0 Å². The zero-order valence-corrected chi connectivity index (χ0v) is 15.3. The number of nitrogens with zero attached hydrogens (tertiary/aromatic N) is 1. The molecule has 1 fully saturated rings. The number of benzene rings is 2. The van der Waals surface area contributed by atoms with Gasteiger partial charge >= 0.3 is 0 Å². The molecule has 1 amide bonds. The summed E-state index contributed by atoms with van der Waals surface area (Å²) in [5, 5.41) is 0. The first-order valence-corrected chi connectivity index (χ1v) is 9.80. The normalized spacial score (nSPS) is 22.7. The van der Waals surface area contributed by atoms with Gasteiger partial charge in [-0.2, -0.15) is 0 Å². The summed E-state index contributed by atoms with van der Waals surface area (Å²) < 4.78 is 5.58. The molecule has 3 nitrogen and oxygen atoms in total. The summed E-state index contributed by atoms with van der Waals surface area (Å²) in [5.74, 6) is 0.668. The fraction of sp³-hybridized carbons (Fsp3) is 0.435. The van der Waals surface area contributed by atoms with E-state index in [2.05, 4.69) is 53.4 Å². The van der Waals surface area contributed by atoms with Gasteiger partial charge in [0.2, 0.25) is 5.91 Å². The highest BCUT2D eigenvalue weighted by Gasteiger charge is 2.32. The Kier molecular flexibility index (Phi) is 5.35. The van der Waals surface area contributed by atoms with E-state index >= 15 is 0 Å². The molecule has 2 aliphatic heterocycles. The van der Waals surface area contributed by atoms with E-state index in [4.69, 9.17) is 4.74 Å². The van der Waals surface area contributed by atoms with E-state index in [1.807, 2.05) is 6.07 Å². The SMILES string of the molecule is O=C(C[C@H]1CCCOC1)N1CCc2ccccc2[C@H]1Cc1ccccc1. The van der Waals surface area contributed by atoms with Gasteiger partial charge in [0.1, 0.15) is 0 Å². The molecule has 2 aromatic carbocycles. The Balaban J connectivity index is 1.56. The molecule has 0 spiro atoms. The first-order chi connectivity index (χ1) is 12.8. The van der Waals surface area contributed by atoms with Crippen LogP contribution in [-0.4, -0.2) is 30.6 Å². The molecule has 4 rings (SSSR count). The molecular weight excluding hydrogens is 322 g/mol. The van der Waals surface area contributed by atoms with E-state index in [1.54, 1.807) is 0 Å². The Bertz CT molecular complexity index is 737. The van der Waals surface area contributed by atoms with Crippen LogP contribution >= 0.6 is 0 Å². The smallest absolute Gasteiger partial charge is 0.223 e. The first-order valence-electron chi connectivity index (χ1n) is 9.80. The molecule has 0 radical (unpaired) electrons. The Labute approximate surface area is 156 Å². The predicted octanol–water partition coefficient (Wildman–Crippen LogP) is 4.17. The van der Waals surface area contributed by atoms with Gasteiger partial charge in [0.05, 0.1) is 6.04 Å². The van der Waals surface area contributed by atoms with Gasteiger partial charge in [0.15, 0.2) is 0 Å². The van der Waals surface area contributed by atoms with Crippen LogP contribution < -0.4 is 0 Å². The molecule has 3 heteroatoms. The number of amides is 1. The van der Waals surface area contributed by atoms with Crippen molar-refractivity contribution in [3.05, 3.63) is 71.3 Å². The van der Waals surface area contributed by atoms with Gasteiger partial charge in [-0.1, -0.05) is 54.6 Å². The third-order valence-electron chi connectivity index (χ3n) is 5.72. The number of ether oxygens (including phenoxy) is 1. The molecule has 0 saturated carbocycles. The molecule has 0 N–H and O–H groups in total. The number of fused-ring (bicyclic) bond motifs is 1. The molecule has 0 aliphatic carbocycles. The van der Waals surface area contributed by atoms with Crippen LogP contribution in [0.5, 0.6) is 0 Å². The Morgan fingerprint density at radius 3 is 2.69 bits per heavy atom. The van der Waals surface area contributed by atoms with E-state index in [0.717, 1.165) is 45.4 Å². The van der Waals surface area contributed by atoms with Crippen molar-refractivity contribution in [2.45, 2.75) is 38.1 Å². The highest BCUT2D eigenvalue weighted by molar-refractivity contribution is 5.77. The van der Waals surface area contributed by atoms with Gasteiger partial charge in [0.25, 0.3) is 0 Å². The molecule has 0 aromatic heterocycles. The van der Waals surface area contributed by atoms with Crippen molar-refractivity contribution in [1.82, 2.24) is 4.90 Å². The summed E-state index contributed by atoms with van der Waals surface area (Å²) in [5.41, 5.74) is 3.99. The minimum Gasteiger partial charge on any atom is -0.381 e. The Hall–Kier alpha value is -2.13. The lowest BCUT2D eigenvalue weighted by Crippen LogP contribution is -2.42. The van der Waals surface area contributed by atoms with Crippen molar-refractivity contribution in [3.8, 4) is 0 Å². The number of rotatable bonds is 4. The van der Waals surface area contributed by atoms with E-state index < -0.39 is 0 Å². The first kappa shape index (κ1) is 17.3. The lowest BCUT2D eigenvalue weighted by Gasteiger charge is -2.38. The fourth-order valence-corrected chi connectivity index (χ4v) is 4.34. The van der Waals surface area contributed by atoms with Crippen LogP contribution in [0, 0.1) is 5.92 Å². The molecule has 0 bridgehead atoms. The zero-order valence-electron chi connectivity index (χ0n) is 15.3. The topological polar surface area (TPSA) is 29.5 Å². The van der Waals surface area contributed by atoms with Gasteiger partial charge in [-0.05, 0) is 48.3 Å². The van der Waals surface area contributed by atoms with E-state index in [0.29, 0.717) is 12.3 Å². The lowest BCUT2D eigenvalue weighted by atomic mass is 9.87. The zero-order chi connectivity index (χ0) is 17.8. The van der Waals surface area contributed by atoms with Crippen LogP contribution in [0.25, 0.3) is 0 Å². The number of carbonyl (C=O) groups is 1. The third-order valence-corrected chi connectivity index (χ3v) is 5.72. The third kappa shape index (κ3) is 3.83. The maximum absolute atomic E-state index is 13.1. The molecule has 136 valence electrons. The number of hydrogen-bond acceptors (Lipinski definition) is 2.